The summed E-state index contributed by atoms with van der Waals surface area (Å²) in [5.41, 5.74) is 1.32. The molecule has 0 bridgehead atoms. The number of nitrogens with one attached hydrogen (secondary N) is 1. The van der Waals surface area contributed by atoms with Gasteiger partial charge in [-0.15, -0.1) is 0 Å². The van der Waals surface area contributed by atoms with Crippen molar-refractivity contribution in [2.75, 3.05) is 17.9 Å². The molecule has 0 unspecified atom stereocenters. The maximum absolute atomic E-state index is 12.7. The Morgan fingerprint density at radius 2 is 1.85 bits per heavy atom. The average Bonchev–Trinajstić information content (AvgIpc) is 3.55. The summed E-state index contributed by atoms with van der Waals surface area (Å²) in [6, 6.07) is 12.1. The van der Waals surface area contributed by atoms with E-state index in [4.69, 9.17) is 18.7 Å². The van der Waals surface area contributed by atoms with Crippen molar-refractivity contribution in [3.8, 4) is 23.0 Å². The lowest BCUT2D eigenvalue weighted by Crippen LogP contribution is -2.17. The van der Waals surface area contributed by atoms with Crippen LogP contribution < -0.4 is 14.2 Å². The number of fused-ring (bicyclic) bond motifs is 1. The molecule has 0 amide bonds. The summed E-state index contributed by atoms with van der Waals surface area (Å²) in [5.74, 6) is 0.844. The minimum atomic E-state index is -3.87. The third-order valence-corrected chi connectivity index (χ3v) is 6.83. The minimum Gasteiger partial charge on any atom is -0.486 e. The molecule has 4 aromatic rings. The molecule has 2 aromatic heterocycles. The lowest BCUT2D eigenvalue weighted by molar-refractivity contribution is 0.0459. The number of aromatic nitrogens is 2. The molecular weight excluding hydrogens is 482 g/mol. The van der Waals surface area contributed by atoms with E-state index in [1.165, 1.54) is 47.7 Å². The molecular formula is C22H17N3O7S2. The zero-order valence-electron chi connectivity index (χ0n) is 17.5. The lowest BCUT2D eigenvalue weighted by atomic mass is 10.2. The largest absolute Gasteiger partial charge is 0.486 e. The third kappa shape index (κ3) is 4.72. The van der Waals surface area contributed by atoms with Crippen molar-refractivity contribution < 1.29 is 31.9 Å². The predicted molar refractivity (Wildman–Crippen MR) is 121 cm³/mol. The number of carbonyl (C=O) groups is 1. The normalized spacial score (nSPS) is 12.8. The Morgan fingerprint density at radius 3 is 2.62 bits per heavy atom. The zero-order valence-corrected chi connectivity index (χ0v) is 19.1. The number of rotatable bonds is 7. The second kappa shape index (κ2) is 9.15. The van der Waals surface area contributed by atoms with Crippen LogP contribution in [0.15, 0.2) is 68.7 Å². The van der Waals surface area contributed by atoms with Gasteiger partial charge in [-0.1, -0.05) is 5.16 Å². The first-order chi connectivity index (χ1) is 16.5. The van der Waals surface area contributed by atoms with Crippen molar-refractivity contribution in [3.63, 3.8) is 0 Å². The predicted octanol–water partition coefficient (Wildman–Crippen LogP) is 3.73. The first-order valence-electron chi connectivity index (χ1n) is 10.0. The number of nitrogens with zero attached hydrogens (tertiary/aromatic N) is 2. The summed E-state index contributed by atoms with van der Waals surface area (Å²) in [6.45, 7) is 0.603. The van der Waals surface area contributed by atoms with Crippen LogP contribution in [0.25, 0.3) is 11.5 Å². The fourth-order valence-electron chi connectivity index (χ4n) is 3.11. The Hall–Kier alpha value is -3.90. The van der Waals surface area contributed by atoms with Crippen molar-refractivity contribution in [1.29, 1.82) is 0 Å². The summed E-state index contributed by atoms with van der Waals surface area (Å²) >= 11 is 1.50. The highest BCUT2D eigenvalue weighted by Crippen LogP contribution is 2.32. The van der Waals surface area contributed by atoms with Gasteiger partial charge in [0.05, 0.1) is 16.0 Å². The van der Waals surface area contributed by atoms with E-state index in [0.717, 1.165) is 5.56 Å². The zero-order chi connectivity index (χ0) is 23.5. The second-order valence-electron chi connectivity index (χ2n) is 7.09. The van der Waals surface area contributed by atoms with E-state index in [2.05, 4.69) is 14.9 Å². The van der Waals surface area contributed by atoms with Crippen LogP contribution in [0.5, 0.6) is 11.5 Å². The van der Waals surface area contributed by atoms with Gasteiger partial charge in [0, 0.05) is 17.1 Å². The summed E-state index contributed by atoms with van der Waals surface area (Å²) in [5, 5.41) is 7.55. The van der Waals surface area contributed by atoms with Crippen LogP contribution in [-0.4, -0.2) is 37.7 Å². The van der Waals surface area contributed by atoms with Gasteiger partial charge in [-0.25, -0.2) is 13.2 Å². The highest BCUT2D eigenvalue weighted by Gasteiger charge is 2.20. The number of anilines is 1. The van der Waals surface area contributed by atoms with Crippen molar-refractivity contribution in [2.45, 2.75) is 11.5 Å². The van der Waals surface area contributed by atoms with Gasteiger partial charge >= 0.3 is 5.97 Å². The number of hydrogen-bond donors (Lipinski definition) is 1. The van der Waals surface area contributed by atoms with Crippen molar-refractivity contribution >= 4 is 33.0 Å². The molecule has 0 fully saturated rings. The highest BCUT2D eigenvalue weighted by atomic mass is 32.2. The number of benzene rings is 2. The quantitative estimate of drug-likeness (QED) is 0.378. The molecule has 1 N–H and O–H groups in total. The molecule has 0 saturated heterocycles. The van der Waals surface area contributed by atoms with E-state index < -0.39 is 16.0 Å². The highest BCUT2D eigenvalue weighted by molar-refractivity contribution is 7.92. The standard InChI is InChI=1S/C22H17N3O7S2/c26-22(31-12-20-23-21(32-24-20)15-7-10-33-13-15)14-1-3-16(4-2-14)25-34(27,28)17-5-6-18-19(11-17)30-9-8-29-18/h1-7,10-11,13,25H,8-9,12H2. The number of carbonyl (C=O) groups excluding carboxylic acids is 1. The molecule has 0 aliphatic carbocycles. The fraction of sp³-hybridized carbons (Fsp3) is 0.136. The van der Waals surface area contributed by atoms with Gasteiger partial charge in [-0.05, 0) is 47.8 Å². The Morgan fingerprint density at radius 1 is 1.06 bits per heavy atom. The Labute approximate surface area is 198 Å². The van der Waals surface area contributed by atoms with E-state index in [1.54, 1.807) is 6.07 Å². The van der Waals surface area contributed by atoms with Crippen molar-refractivity contribution in [3.05, 3.63) is 70.7 Å². The Bertz CT molecular complexity index is 1420. The van der Waals surface area contributed by atoms with Crippen LogP contribution >= 0.6 is 11.3 Å². The summed E-state index contributed by atoms with van der Waals surface area (Å²) in [4.78, 5) is 16.6. The average molecular weight is 500 g/mol. The maximum atomic E-state index is 12.7. The second-order valence-corrected chi connectivity index (χ2v) is 9.55. The molecule has 1 aliphatic rings. The number of hydrogen-bond acceptors (Lipinski definition) is 10. The van der Waals surface area contributed by atoms with Crippen LogP contribution in [-0.2, 0) is 21.4 Å². The van der Waals surface area contributed by atoms with E-state index in [-0.39, 0.29) is 28.6 Å². The fourth-order valence-corrected chi connectivity index (χ4v) is 4.81. The topological polar surface area (TPSA) is 130 Å². The van der Waals surface area contributed by atoms with E-state index in [0.29, 0.717) is 30.6 Å². The molecule has 2 aromatic carbocycles. The first kappa shape index (κ1) is 21.9. The van der Waals surface area contributed by atoms with Gasteiger partial charge < -0.3 is 18.7 Å². The Kier molecular flexibility index (Phi) is 5.90. The molecule has 0 saturated carbocycles. The van der Waals surface area contributed by atoms with Crippen LogP contribution in [0.4, 0.5) is 5.69 Å². The first-order valence-corrected chi connectivity index (χ1v) is 12.5. The lowest BCUT2D eigenvalue weighted by Gasteiger charge is -2.19. The molecule has 3 heterocycles. The van der Waals surface area contributed by atoms with Crippen LogP contribution in [0, 0.1) is 0 Å². The number of ether oxygens (including phenoxy) is 3. The number of esters is 1. The molecule has 174 valence electrons. The molecule has 0 spiro atoms. The number of thiophene rings is 1. The van der Waals surface area contributed by atoms with Gasteiger partial charge in [-0.3, -0.25) is 4.72 Å². The minimum absolute atomic E-state index is 0.0298. The van der Waals surface area contributed by atoms with Crippen LogP contribution in [0.1, 0.15) is 16.2 Å². The molecule has 5 rings (SSSR count). The third-order valence-electron chi connectivity index (χ3n) is 4.77. The summed E-state index contributed by atoms with van der Waals surface area (Å²) < 4.78 is 49.2. The van der Waals surface area contributed by atoms with Crippen molar-refractivity contribution in [1.82, 2.24) is 10.1 Å². The molecule has 0 radical (unpaired) electrons. The van der Waals surface area contributed by atoms with E-state index in [9.17, 15) is 13.2 Å². The maximum Gasteiger partial charge on any atom is 0.338 e. The van der Waals surface area contributed by atoms with Gasteiger partial charge in [0.2, 0.25) is 5.82 Å². The van der Waals surface area contributed by atoms with Gasteiger partial charge in [0.15, 0.2) is 18.1 Å². The molecule has 0 atom stereocenters. The van der Waals surface area contributed by atoms with Gasteiger partial charge in [0.1, 0.15) is 13.2 Å². The Balaban J connectivity index is 1.21. The van der Waals surface area contributed by atoms with Crippen LogP contribution in [0.3, 0.4) is 0 Å². The number of sulfonamides is 1. The monoisotopic (exact) mass is 499 g/mol. The SMILES string of the molecule is O=C(OCc1noc(-c2ccsc2)n1)c1ccc(NS(=O)(=O)c2ccc3c(c2)OCCO3)cc1. The van der Waals surface area contributed by atoms with E-state index in [1.807, 2.05) is 16.8 Å². The van der Waals surface area contributed by atoms with E-state index >= 15 is 0 Å². The smallest absolute Gasteiger partial charge is 0.338 e. The summed E-state index contributed by atoms with van der Waals surface area (Å²) in [7, 11) is -3.87. The summed E-state index contributed by atoms with van der Waals surface area (Å²) in [6.07, 6.45) is 0. The van der Waals surface area contributed by atoms with Gasteiger partial charge in [-0.2, -0.15) is 16.3 Å². The molecule has 34 heavy (non-hydrogen) atoms. The molecule has 12 heteroatoms. The molecule has 1 aliphatic heterocycles. The van der Waals surface area contributed by atoms with Gasteiger partial charge in [0.25, 0.3) is 15.9 Å². The van der Waals surface area contributed by atoms with Crippen LogP contribution in [0.2, 0.25) is 0 Å². The van der Waals surface area contributed by atoms with Crippen molar-refractivity contribution in [2.24, 2.45) is 0 Å². The molecule has 10 nitrogen and oxygen atoms in total.